The quantitative estimate of drug-likeness (QED) is 0.580. The predicted octanol–water partition coefficient (Wildman–Crippen LogP) is 0.132. The summed E-state index contributed by atoms with van der Waals surface area (Å²) in [7, 11) is 0. The van der Waals surface area contributed by atoms with Gasteiger partial charge in [0.25, 0.3) is 0 Å². The van der Waals surface area contributed by atoms with Crippen molar-refractivity contribution < 1.29 is 19.4 Å². The SMILES string of the molecule is CCOC(=O)CCC[C@@H](N)C(=O)O. The van der Waals surface area contributed by atoms with E-state index in [1.54, 1.807) is 6.92 Å². The van der Waals surface area contributed by atoms with Crippen molar-refractivity contribution in [2.45, 2.75) is 32.2 Å². The summed E-state index contributed by atoms with van der Waals surface area (Å²) in [4.78, 5) is 21.0. The lowest BCUT2D eigenvalue weighted by Crippen LogP contribution is -2.29. The van der Waals surface area contributed by atoms with Crippen molar-refractivity contribution in [2.24, 2.45) is 5.73 Å². The zero-order valence-electron chi connectivity index (χ0n) is 7.66. The van der Waals surface area contributed by atoms with Crippen LogP contribution in [0.15, 0.2) is 0 Å². The second-order valence-electron chi connectivity index (χ2n) is 2.64. The van der Waals surface area contributed by atoms with Gasteiger partial charge in [-0.2, -0.15) is 0 Å². The van der Waals surface area contributed by atoms with Gasteiger partial charge in [-0.25, -0.2) is 0 Å². The Labute approximate surface area is 76.9 Å². The van der Waals surface area contributed by atoms with Crippen molar-refractivity contribution in [3.63, 3.8) is 0 Å². The number of aliphatic carboxylic acids is 1. The van der Waals surface area contributed by atoms with E-state index in [0.717, 1.165) is 0 Å². The molecule has 3 N–H and O–H groups in total. The number of nitrogens with two attached hydrogens (primary N) is 1. The molecule has 0 rings (SSSR count). The van der Waals surface area contributed by atoms with Gasteiger partial charge in [-0.05, 0) is 19.8 Å². The molecule has 0 bridgehead atoms. The highest BCUT2D eigenvalue weighted by Crippen LogP contribution is 2.00. The molecule has 1 atom stereocenters. The Kier molecular flexibility index (Phi) is 5.88. The van der Waals surface area contributed by atoms with Crippen LogP contribution in [0, 0.1) is 0 Å². The summed E-state index contributed by atoms with van der Waals surface area (Å²) in [6.45, 7) is 2.07. The number of hydrogen-bond donors (Lipinski definition) is 2. The van der Waals surface area contributed by atoms with E-state index >= 15 is 0 Å². The van der Waals surface area contributed by atoms with E-state index in [1.807, 2.05) is 0 Å². The maximum atomic E-state index is 10.8. The Morgan fingerprint density at radius 2 is 2.15 bits per heavy atom. The number of esters is 1. The van der Waals surface area contributed by atoms with Gasteiger partial charge in [0.05, 0.1) is 6.61 Å². The highest BCUT2D eigenvalue weighted by Gasteiger charge is 2.11. The Hall–Kier alpha value is -1.10. The molecule has 0 aliphatic rings. The van der Waals surface area contributed by atoms with E-state index in [4.69, 9.17) is 10.8 Å². The average molecular weight is 189 g/mol. The highest BCUT2D eigenvalue weighted by molar-refractivity contribution is 5.73. The minimum absolute atomic E-state index is 0.231. The first-order valence-electron chi connectivity index (χ1n) is 4.22. The van der Waals surface area contributed by atoms with Gasteiger partial charge < -0.3 is 15.6 Å². The summed E-state index contributed by atoms with van der Waals surface area (Å²) in [5.74, 6) is -1.34. The molecule has 5 nitrogen and oxygen atoms in total. The summed E-state index contributed by atoms with van der Waals surface area (Å²) in [5, 5.41) is 8.41. The Bertz CT molecular complexity index is 181. The molecule has 0 aromatic carbocycles. The van der Waals surface area contributed by atoms with Crippen molar-refractivity contribution in [3.8, 4) is 0 Å². The van der Waals surface area contributed by atoms with Gasteiger partial charge in [0.1, 0.15) is 6.04 Å². The number of carboxylic acids is 1. The van der Waals surface area contributed by atoms with E-state index in [1.165, 1.54) is 0 Å². The Balaban J connectivity index is 3.44. The third kappa shape index (κ3) is 6.10. The normalized spacial score (nSPS) is 12.2. The maximum absolute atomic E-state index is 10.8. The Morgan fingerprint density at radius 1 is 1.54 bits per heavy atom. The summed E-state index contributed by atoms with van der Waals surface area (Å²) < 4.78 is 4.66. The first-order chi connectivity index (χ1) is 6.07. The Morgan fingerprint density at radius 3 is 2.62 bits per heavy atom. The van der Waals surface area contributed by atoms with Gasteiger partial charge in [-0.1, -0.05) is 0 Å². The van der Waals surface area contributed by atoms with Crippen LogP contribution < -0.4 is 5.73 Å². The molecule has 0 heterocycles. The summed E-state index contributed by atoms with van der Waals surface area (Å²) >= 11 is 0. The monoisotopic (exact) mass is 189 g/mol. The molecule has 0 amide bonds. The van der Waals surface area contributed by atoms with E-state index in [0.29, 0.717) is 19.4 Å². The molecule has 0 saturated carbocycles. The maximum Gasteiger partial charge on any atom is 0.320 e. The van der Waals surface area contributed by atoms with Crippen molar-refractivity contribution in [1.82, 2.24) is 0 Å². The highest BCUT2D eigenvalue weighted by atomic mass is 16.5. The number of hydrogen-bond acceptors (Lipinski definition) is 4. The van der Waals surface area contributed by atoms with Crippen LogP contribution in [0.25, 0.3) is 0 Å². The van der Waals surface area contributed by atoms with Crippen LogP contribution in [-0.2, 0) is 14.3 Å². The molecule has 0 radical (unpaired) electrons. The molecule has 5 heteroatoms. The molecule has 0 unspecified atom stereocenters. The molecule has 0 aliphatic carbocycles. The van der Waals surface area contributed by atoms with Crippen LogP contribution in [0.5, 0.6) is 0 Å². The van der Waals surface area contributed by atoms with Gasteiger partial charge in [0.15, 0.2) is 0 Å². The molecule has 13 heavy (non-hydrogen) atoms. The molecule has 76 valence electrons. The second kappa shape index (κ2) is 6.42. The summed E-state index contributed by atoms with van der Waals surface area (Å²) in [5.41, 5.74) is 5.23. The minimum Gasteiger partial charge on any atom is -0.480 e. The molecule has 0 aromatic heterocycles. The van der Waals surface area contributed by atoms with Gasteiger partial charge in [0.2, 0.25) is 0 Å². The van der Waals surface area contributed by atoms with E-state index in [2.05, 4.69) is 4.74 Å². The van der Waals surface area contributed by atoms with E-state index in [9.17, 15) is 9.59 Å². The van der Waals surface area contributed by atoms with Crippen LogP contribution in [0.2, 0.25) is 0 Å². The lowest BCUT2D eigenvalue weighted by molar-refractivity contribution is -0.144. The molecule has 0 fully saturated rings. The fraction of sp³-hybridized carbons (Fsp3) is 0.750. The lowest BCUT2D eigenvalue weighted by Gasteiger charge is -2.05. The number of carbonyl (C=O) groups excluding carboxylic acids is 1. The fourth-order valence-electron chi connectivity index (χ4n) is 0.823. The first-order valence-corrected chi connectivity index (χ1v) is 4.22. The molecule has 0 spiro atoms. The minimum atomic E-state index is -1.04. The van der Waals surface area contributed by atoms with Gasteiger partial charge >= 0.3 is 11.9 Å². The third-order valence-electron chi connectivity index (χ3n) is 1.52. The molecular formula is C8H15NO4. The van der Waals surface area contributed by atoms with Crippen molar-refractivity contribution >= 4 is 11.9 Å². The molecule has 0 saturated heterocycles. The number of carbonyl (C=O) groups is 2. The number of rotatable bonds is 6. The zero-order chi connectivity index (χ0) is 10.3. The average Bonchev–Trinajstić information content (AvgIpc) is 2.04. The van der Waals surface area contributed by atoms with Crippen LogP contribution in [-0.4, -0.2) is 29.7 Å². The zero-order valence-corrected chi connectivity index (χ0v) is 7.66. The first kappa shape index (κ1) is 11.9. The van der Waals surface area contributed by atoms with E-state index < -0.39 is 12.0 Å². The predicted molar refractivity (Wildman–Crippen MR) is 46.1 cm³/mol. The third-order valence-corrected chi connectivity index (χ3v) is 1.52. The molecule has 0 aromatic rings. The smallest absolute Gasteiger partial charge is 0.320 e. The van der Waals surface area contributed by atoms with Gasteiger partial charge in [-0.3, -0.25) is 9.59 Å². The van der Waals surface area contributed by atoms with E-state index in [-0.39, 0.29) is 12.4 Å². The fourth-order valence-corrected chi connectivity index (χ4v) is 0.823. The standard InChI is InChI=1S/C8H15NO4/c1-2-13-7(10)5-3-4-6(9)8(11)12/h6H,2-5,9H2,1H3,(H,11,12)/t6-/m1/s1. The largest absolute Gasteiger partial charge is 0.480 e. The summed E-state index contributed by atoms with van der Waals surface area (Å²) in [6, 6.07) is -0.880. The van der Waals surface area contributed by atoms with Crippen molar-refractivity contribution in [1.29, 1.82) is 0 Å². The van der Waals surface area contributed by atoms with Crippen LogP contribution in [0.1, 0.15) is 26.2 Å². The van der Waals surface area contributed by atoms with Crippen LogP contribution in [0.4, 0.5) is 0 Å². The summed E-state index contributed by atoms with van der Waals surface area (Å²) in [6.07, 6.45) is 0.981. The number of ether oxygens (including phenoxy) is 1. The second-order valence-corrected chi connectivity index (χ2v) is 2.64. The topological polar surface area (TPSA) is 89.6 Å². The molecular weight excluding hydrogens is 174 g/mol. The van der Waals surface area contributed by atoms with Gasteiger partial charge in [-0.15, -0.1) is 0 Å². The lowest BCUT2D eigenvalue weighted by atomic mass is 10.1. The van der Waals surface area contributed by atoms with Gasteiger partial charge in [0, 0.05) is 6.42 Å². The molecule has 0 aliphatic heterocycles. The number of carboxylic acid groups (broad SMARTS) is 1. The van der Waals surface area contributed by atoms with Crippen molar-refractivity contribution in [3.05, 3.63) is 0 Å². The van der Waals surface area contributed by atoms with Crippen LogP contribution >= 0.6 is 0 Å². The van der Waals surface area contributed by atoms with Crippen molar-refractivity contribution in [2.75, 3.05) is 6.61 Å². The van der Waals surface area contributed by atoms with Crippen LogP contribution in [0.3, 0.4) is 0 Å².